The molecule has 2 N–H and O–H groups in total. The van der Waals surface area contributed by atoms with Crippen molar-refractivity contribution in [2.24, 2.45) is 5.41 Å². The lowest BCUT2D eigenvalue weighted by Gasteiger charge is -2.31. The van der Waals surface area contributed by atoms with Gasteiger partial charge >= 0.3 is 12.1 Å². The van der Waals surface area contributed by atoms with E-state index < -0.39 is 23.5 Å². The molecular formula is C20H20N2O4. The van der Waals surface area contributed by atoms with Crippen LogP contribution in [0, 0.1) is 16.7 Å². The molecule has 1 unspecified atom stereocenters. The highest BCUT2D eigenvalue weighted by Gasteiger charge is 2.39. The maximum atomic E-state index is 12.2. The van der Waals surface area contributed by atoms with Crippen molar-refractivity contribution in [1.82, 2.24) is 5.32 Å². The van der Waals surface area contributed by atoms with Crippen molar-refractivity contribution in [3.8, 4) is 6.07 Å². The van der Waals surface area contributed by atoms with Gasteiger partial charge in [0, 0.05) is 0 Å². The summed E-state index contributed by atoms with van der Waals surface area (Å²) in [5, 5.41) is 21.1. The lowest BCUT2D eigenvalue weighted by molar-refractivity contribution is -0.148. The van der Waals surface area contributed by atoms with E-state index in [0.717, 1.165) is 5.56 Å². The van der Waals surface area contributed by atoms with Gasteiger partial charge in [-0.15, -0.1) is 0 Å². The van der Waals surface area contributed by atoms with Crippen molar-refractivity contribution >= 4 is 12.1 Å². The molecule has 2 aromatic rings. The molecule has 0 bridgehead atoms. The van der Waals surface area contributed by atoms with Crippen molar-refractivity contribution < 1.29 is 19.4 Å². The fraction of sp³-hybridized carbons (Fsp3) is 0.250. The van der Waals surface area contributed by atoms with E-state index in [4.69, 9.17) is 10.00 Å². The molecule has 0 radical (unpaired) electrons. The van der Waals surface area contributed by atoms with Gasteiger partial charge < -0.3 is 15.2 Å². The van der Waals surface area contributed by atoms with Crippen LogP contribution in [-0.4, -0.2) is 17.2 Å². The number of carboxylic acid groups (broad SMARTS) is 1. The summed E-state index contributed by atoms with van der Waals surface area (Å²) in [6, 6.07) is 16.8. The Morgan fingerprint density at radius 3 is 2.31 bits per heavy atom. The van der Waals surface area contributed by atoms with E-state index in [1.165, 1.54) is 13.8 Å². The number of carbonyl (C=O) groups excluding carboxylic acids is 1. The van der Waals surface area contributed by atoms with Gasteiger partial charge in [0.1, 0.15) is 6.61 Å². The Kier molecular flexibility index (Phi) is 5.97. The van der Waals surface area contributed by atoms with Gasteiger partial charge in [0.2, 0.25) is 0 Å². The Labute approximate surface area is 152 Å². The van der Waals surface area contributed by atoms with Crippen LogP contribution in [0.4, 0.5) is 4.79 Å². The molecule has 0 spiro atoms. The Morgan fingerprint density at radius 1 is 1.15 bits per heavy atom. The topological polar surface area (TPSA) is 99.4 Å². The molecule has 0 aliphatic rings. The molecule has 0 aliphatic carbocycles. The SMILES string of the molecule is CC(C)(C(=O)O)C(NC(=O)OCc1ccccc1)c1ccc(C#N)cc1. The van der Waals surface area contributed by atoms with Crippen LogP contribution < -0.4 is 5.32 Å². The maximum absolute atomic E-state index is 12.2. The minimum atomic E-state index is -1.28. The number of nitriles is 1. The van der Waals surface area contributed by atoms with Crippen LogP contribution in [0.15, 0.2) is 54.6 Å². The summed E-state index contributed by atoms with van der Waals surface area (Å²) in [5.74, 6) is -1.06. The van der Waals surface area contributed by atoms with E-state index in [2.05, 4.69) is 5.32 Å². The fourth-order valence-corrected chi connectivity index (χ4v) is 2.44. The van der Waals surface area contributed by atoms with Gasteiger partial charge in [-0.2, -0.15) is 5.26 Å². The van der Waals surface area contributed by atoms with Gasteiger partial charge in [0.05, 0.1) is 23.1 Å². The summed E-state index contributed by atoms with van der Waals surface area (Å²) in [6.07, 6.45) is -0.711. The van der Waals surface area contributed by atoms with Crippen LogP contribution in [0.1, 0.15) is 36.6 Å². The highest BCUT2D eigenvalue weighted by Crippen LogP contribution is 2.34. The van der Waals surface area contributed by atoms with Crippen LogP contribution in [0.25, 0.3) is 0 Å². The third-order valence-corrected chi connectivity index (χ3v) is 4.12. The van der Waals surface area contributed by atoms with E-state index in [1.807, 2.05) is 36.4 Å². The van der Waals surface area contributed by atoms with Crippen LogP contribution in [0.2, 0.25) is 0 Å². The maximum Gasteiger partial charge on any atom is 0.407 e. The minimum Gasteiger partial charge on any atom is -0.481 e. The summed E-state index contributed by atoms with van der Waals surface area (Å²) >= 11 is 0. The lowest BCUT2D eigenvalue weighted by atomic mass is 9.80. The highest BCUT2D eigenvalue weighted by atomic mass is 16.5. The molecular weight excluding hydrogens is 332 g/mol. The largest absolute Gasteiger partial charge is 0.481 e. The molecule has 6 heteroatoms. The molecule has 1 atom stereocenters. The number of rotatable bonds is 6. The number of alkyl carbamates (subject to hydrolysis) is 1. The number of amides is 1. The van der Waals surface area contributed by atoms with Crippen LogP contribution in [-0.2, 0) is 16.1 Å². The number of hydrogen-bond acceptors (Lipinski definition) is 4. The smallest absolute Gasteiger partial charge is 0.407 e. The first-order valence-corrected chi connectivity index (χ1v) is 8.05. The zero-order valence-corrected chi connectivity index (χ0v) is 14.6. The third kappa shape index (κ3) is 4.61. The second-order valence-electron chi connectivity index (χ2n) is 6.40. The quantitative estimate of drug-likeness (QED) is 0.827. The predicted molar refractivity (Wildman–Crippen MR) is 95.1 cm³/mol. The van der Waals surface area contributed by atoms with Crippen molar-refractivity contribution in [3.05, 3.63) is 71.3 Å². The number of nitrogens with one attached hydrogen (secondary N) is 1. The standard InChI is InChI=1S/C20H20N2O4/c1-20(2,18(23)24)17(16-10-8-14(12-21)9-11-16)22-19(25)26-13-15-6-4-3-5-7-15/h3-11,17H,13H2,1-2H3,(H,22,25)(H,23,24). The number of ether oxygens (including phenoxy) is 1. The summed E-state index contributed by atoms with van der Waals surface area (Å²) in [6.45, 7) is 3.13. The minimum absolute atomic E-state index is 0.0836. The van der Waals surface area contributed by atoms with Crippen molar-refractivity contribution in [1.29, 1.82) is 5.26 Å². The molecule has 0 aliphatic heterocycles. The summed E-state index contributed by atoms with van der Waals surface area (Å²) in [7, 11) is 0. The second kappa shape index (κ2) is 8.17. The molecule has 0 saturated carbocycles. The number of aliphatic carboxylic acids is 1. The van der Waals surface area contributed by atoms with E-state index in [9.17, 15) is 14.7 Å². The predicted octanol–water partition coefficient (Wildman–Crippen LogP) is 3.64. The van der Waals surface area contributed by atoms with E-state index in [0.29, 0.717) is 11.1 Å². The van der Waals surface area contributed by atoms with Gasteiger partial charge in [0.15, 0.2) is 0 Å². The first-order chi connectivity index (χ1) is 12.3. The van der Waals surface area contributed by atoms with Gasteiger partial charge in [0.25, 0.3) is 0 Å². The molecule has 0 fully saturated rings. The average molecular weight is 352 g/mol. The van der Waals surface area contributed by atoms with Crippen molar-refractivity contribution in [3.63, 3.8) is 0 Å². The summed E-state index contributed by atoms with van der Waals surface area (Å²) < 4.78 is 5.20. The van der Waals surface area contributed by atoms with E-state index in [1.54, 1.807) is 24.3 Å². The zero-order chi connectivity index (χ0) is 19.2. The Hall–Kier alpha value is -3.33. The first-order valence-electron chi connectivity index (χ1n) is 8.05. The van der Waals surface area contributed by atoms with Gasteiger partial charge in [-0.05, 0) is 37.1 Å². The fourth-order valence-electron chi connectivity index (χ4n) is 2.44. The molecule has 0 heterocycles. The number of nitrogens with zero attached hydrogens (tertiary/aromatic N) is 1. The third-order valence-electron chi connectivity index (χ3n) is 4.12. The molecule has 26 heavy (non-hydrogen) atoms. The van der Waals surface area contributed by atoms with Crippen LogP contribution >= 0.6 is 0 Å². The zero-order valence-electron chi connectivity index (χ0n) is 14.6. The normalized spacial score (nSPS) is 11.9. The van der Waals surface area contributed by atoms with Crippen molar-refractivity contribution in [2.75, 3.05) is 0 Å². The molecule has 6 nitrogen and oxygen atoms in total. The number of carboxylic acids is 1. The highest BCUT2D eigenvalue weighted by molar-refractivity contribution is 5.77. The lowest BCUT2D eigenvalue weighted by Crippen LogP contribution is -2.42. The Morgan fingerprint density at radius 2 is 1.77 bits per heavy atom. The second-order valence-corrected chi connectivity index (χ2v) is 6.40. The average Bonchev–Trinajstić information content (AvgIpc) is 2.65. The number of benzene rings is 2. The van der Waals surface area contributed by atoms with Crippen LogP contribution in [0.5, 0.6) is 0 Å². The van der Waals surface area contributed by atoms with Gasteiger partial charge in [-0.25, -0.2) is 4.79 Å². The number of carbonyl (C=O) groups is 2. The molecule has 134 valence electrons. The molecule has 2 aromatic carbocycles. The van der Waals surface area contributed by atoms with Gasteiger partial charge in [-0.3, -0.25) is 4.79 Å². The van der Waals surface area contributed by atoms with Gasteiger partial charge in [-0.1, -0.05) is 42.5 Å². The van der Waals surface area contributed by atoms with E-state index >= 15 is 0 Å². The van der Waals surface area contributed by atoms with Crippen molar-refractivity contribution in [2.45, 2.75) is 26.5 Å². The van der Waals surface area contributed by atoms with Crippen LogP contribution in [0.3, 0.4) is 0 Å². The Balaban J connectivity index is 2.17. The Bertz CT molecular complexity index is 808. The number of hydrogen-bond donors (Lipinski definition) is 2. The van der Waals surface area contributed by atoms with E-state index in [-0.39, 0.29) is 6.61 Å². The summed E-state index contributed by atoms with van der Waals surface area (Å²) in [5.41, 5.74) is 0.579. The molecule has 2 rings (SSSR count). The monoisotopic (exact) mass is 352 g/mol. The molecule has 0 aromatic heterocycles. The summed E-state index contributed by atoms with van der Waals surface area (Å²) in [4.78, 5) is 23.9. The first kappa shape index (κ1) is 19.0. The molecule has 0 saturated heterocycles. The molecule has 1 amide bonds.